The fraction of sp³-hybridized carbons (Fsp3) is 0.115. The molecule has 1 aliphatic rings. The van der Waals surface area contributed by atoms with Gasteiger partial charge in [-0.25, -0.2) is 9.07 Å². The van der Waals surface area contributed by atoms with Crippen molar-refractivity contribution in [1.29, 1.82) is 0 Å². The summed E-state index contributed by atoms with van der Waals surface area (Å²) < 4.78 is 15.1. The van der Waals surface area contributed by atoms with Gasteiger partial charge in [0.2, 0.25) is 0 Å². The number of amides is 2. The van der Waals surface area contributed by atoms with E-state index < -0.39 is 0 Å². The number of hydrogen-bond acceptors (Lipinski definition) is 3. The summed E-state index contributed by atoms with van der Waals surface area (Å²) >= 11 is 0. The maximum absolute atomic E-state index is 13.3. The lowest BCUT2D eigenvalue weighted by Crippen LogP contribution is -2.16. The van der Waals surface area contributed by atoms with Gasteiger partial charge in [0.1, 0.15) is 5.82 Å². The highest BCUT2D eigenvalue weighted by Crippen LogP contribution is 2.28. The molecule has 1 aliphatic carbocycles. The van der Waals surface area contributed by atoms with Gasteiger partial charge in [-0.3, -0.25) is 9.59 Å². The molecule has 4 aromatic rings. The zero-order valence-electron chi connectivity index (χ0n) is 17.7. The van der Waals surface area contributed by atoms with Crippen molar-refractivity contribution in [2.24, 2.45) is 0 Å². The summed E-state index contributed by atoms with van der Waals surface area (Å²) in [5, 5.41) is 10.3. The highest BCUT2D eigenvalue weighted by molar-refractivity contribution is 6.06. The third kappa shape index (κ3) is 4.25. The molecule has 1 aromatic heterocycles. The van der Waals surface area contributed by atoms with Gasteiger partial charge in [0, 0.05) is 28.2 Å². The number of carbonyl (C=O) groups excluding carboxylic acids is 2. The fourth-order valence-electron chi connectivity index (χ4n) is 4.07. The summed E-state index contributed by atoms with van der Waals surface area (Å²) in [6, 6.07) is 22.0. The zero-order chi connectivity index (χ0) is 22.8. The molecule has 2 amide bonds. The fourth-order valence-corrected chi connectivity index (χ4v) is 4.07. The minimum Gasteiger partial charge on any atom is -0.322 e. The summed E-state index contributed by atoms with van der Waals surface area (Å²) in [5.41, 5.74) is 4.66. The Balaban J connectivity index is 1.36. The highest BCUT2D eigenvalue weighted by atomic mass is 19.1. The van der Waals surface area contributed by atoms with E-state index in [1.54, 1.807) is 65.3 Å². The van der Waals surface area contributed by atoms with E-state index in [-0.39, 0.29) is 17.6 Å². The Morgan fingerprint density at radius 1 is 0.818 bits per heavy atom. The van der Waals surface area contributed by atoms with Gasteiger partial charge >= 0.3 is 0 Å². The topological polar surface area (TPSA) is 76.0 Å². The lowest BCUT2D eigenvalue weighted by atomic mass is 10.2. The molecule has 1 heterocycles. The smallest absolute Gasteiger partial charge is 0.276 e. The van der Waals surface area contributed by atoms with Crippen LogP contribution in [0.4, 0.5) is 15.8 Å². The quantitative estimate of drug-likeness (QED) is 0.458. The van der Waals surface area contributed by atoms with E-state index >= 15 is 0 Å². The van der Waals surface area contributed by atoms with Gasteiger partial charge in [0.15, 0.2) is 5.69 Å². The Kier molecular flexibility index (Phi) is 5.44. The van der Waals surface area contributed by atoms with Crippen LogP contribution in [0.2, 0.25) is 0 Å². The minimum absolute atomic E-state index is 0.227. The van der Waals surface area contributed by atoms with Crippen LogP contribution in [0.1, 0.15) is 38.5 Å². The summed E-state index contributed by atoms with van der Waals surface area (Å²) in [5.74, 6) is -0.866. The van der Waals surface area contributed by atoms with Crippen molar-refractivity contribution in [3.05, 3.63) is 107 Å². The van der Waals surface area contributed by atoms with Crippen LogP contribution in [0, 0.1) is 5.82 Å². The van der Waals surface area contributed by atoms with Crippen molar-refractivity contribution in [1.82, 2.24) is 9.78 Å². The average Bonchev–Trinajstić information content (AvgIpc) is 3.44. The second kappa shape index (κ2) is 8.70. The van der Waals surface area contributed by atoms with Gasteiger partial charge in [-0.15, -0.1) is 0 Å². The van der Waals surface area contributed by atoms with Gasteiger partial charge in [0.25, 0.3) is 11.8 Å². The maximum Gasteiger partial charge on any atom is 0.276 e. The lowest BCUT2D eigenvalue weighted by Gasteiger charge is -2.09. The molecule has 0 spiro atoms. The molecule has 33 heavy (non-hydrogen) atoms. The normalized spacial score (nSPS) is 12.3. The van der Waals surface area contributed by atoms with Crippen LogP contribution in [-0.2, 0) is 12.8 Å². The number of aromatic nitrogens is 2. The predicted molar refractivity (Wildman–Crippen MR) is 124 cm³/mol. The summed E-state index contributed by atoms with van der Waals surface area (Å²) in [4.78, 5) is 25.5. The first-order valence-corrected chi connectivity index (χ1v) is 10.7. The molecule has 0 radical (unpaired) electrons. The van der Waals surface area contributed by atoms with Gasteiger partial charge in [-0.1, -0.05) is 24.3 Å². The zero-order valence-corrected chi connectivity index (χ0v) is 17.7. The molecule has 0 atom stereocenters. The largest absolute Gasteiger partial charge is 0.322 e. The number of hydrogen-bond donors (Lipinski definition) is 2. The predicted octanol–water partition coefficient (Wildman–Crippen LogP) is 5.00. The summed E-state index contributed by atoms with van der Waals surface area (Å²) in [6.07, 6.45) is 2.52. The number of carbonyl (C=O) groups is 2. The monoisotopic (exact) mass is 440 g/mol. The van der Waals surface area contributed by atoms with E-state index in [9.17, 15) is 14.0 Å². The Morgan fingerprint density at radius 2 is 1.52 bits per heavy atom. The molecule has 0 unspecified atom stereocenters. The van der Waals surface area contributed by atoms with Crippen LogP contribution in [0.15, 0.2) is 78.9 Å². The lowest BCUT2D eigenvalue weighted by molar-refractivity contribution is 0.101. The first-order chi connectivity index (χ1) is 16.1. The number of halogens is 1. The van der Waals surface area contributed by atoms with E-state index in [0.29, 0.717) is 22.6 Å². The standard InChI is InChI=1S/C26H21FN4O2/c27-18-12-14-21(15-13-18)31-23-11-5-10-22(23)24(30-31)26(33)29-20-9-4-8-19(16-20)28-25(32)17-6-2-1-3-7-17/h1-4,6-9,12-16H,5,10-11H2,(H,28,32)(H,29,33). The number of fused-ring (bicyclic) bond motifs is 1. The van der Waals surface area contributed by atoms with Crippen molar-refractivity contribution >= 4 is 23.2 Å². The molecule has 0 saturated carbocycles. The molecule has 0 fully saturated rings. The Morgan fingerprint density at radius 3 is 2.24 bits per heavy atom. The average molecular weight is 440 g/mol. The molecule has 2 N–H and O–H groups in total. The van der Waals surface area contributed by atoms with E-state index in [1.807, 2.05) is 6.07 Å². The molecule has 5 rings (SSSR count). The van der Waals surface area contributed by atoms with Crippen molar-refractivity contribution in [2.45, 2.75) is 19.3 Å². The van der Waals surface area contributed by atoms with Crippen molar-refractivity contribution in [3.63, 3.8) is 0 Å². The van der Waals surface area contributed by atoms with Gasteiger partial charge in [0.05, 0.1) is 5.69 Å². The Hall–Kier alpha value is -4.26. The number of rotatable bonds is 5. The second-order valence-corrected chi connectivity index (χ2v) is 7.87. The Bertz CT molecular complexity index is 1330. The number of nitrogens with one attached hydrogen (secondary N) is 2. The molecular formula is C26H21FN4O2. The molecule has 6 nitrogen and oxygen atoms in total. The summed E-state index contributed by atoms with van der Waals surface area (Å²) in [6.45, 7) is 0. The molecule has 164 valence electrons. The highest BCUT2D eigenvalue weighted by Gasteiger charge is 2.27. The van der Waals surface area contributed by atoms with Crippen molar-refractivity contribution in [3.8, 4) is 5.69 Å². The van der Waals surface area contributed by atoms with E-state index in [4.69, 9.17) is 0 Å². The van der Waals surface area contributed by atoms with Crippen molar-refractivity contribution in [2.75, 3.05) is 10.6 Å². The molecule has 0 saturated heterocycles. The van der Waals surface area contributed by atoms with E-state index in [2.05, 4.69) is 15.7 Å². The minimum atomic E-state index is -0.320. The van der Waals surface area contributed by atoms with Crippen LogP contribution >= 0.6 is 0 Å². The number of nitrogens with zero attached hydrogens (tertiary/aromatic N) is 2. The van der Waals surface area contributed by atoms with Gasteiger partial charge in [-0.2, -0.15) is 5.10 Å². The third-order valence-electron chi connectivity index (χ3n) is 5.63. The van der Waals surface area contributed by atoms with Crippen LogP contribution in [0.25, 0.3) is 5.69 Å². The van der Waals surface area contributed by atoms with Crippen LogP contribution in [0.5, 0.6) is 0 Å². The first kappa shape index (κ1) is 20.6. The molecule has 0 aliphatic heterocycles. The number of benzene rings is 3. The Labute approximate surface area is 190 Å². The molecular weight excluding hydrogens is 419 g/mol. The van der Waals surface area contributed by atoms with Crippen LogP contribution < -0.4 is 10.6 Å². The van der Waals surface area contributed by atoms with Crippen LogP contribution in [0.3, 0.4) is 0 Å². The summed E-state index contributed by atoms with van der Waals surface area (Å²) in [7, 11) is 0. The van der Waals surface area contributed by atoms with Gasteiger partial charge in [-0.05, 0) is 73.9 Å². The molecule has 0 bridgehead atoms. The third-order valence-corrected chi connectivity index (χ3v) is 5.63. The van der Waals surface area contributed by atoms with Crippen molar-refractivity contribution < 1.29 is 14.0 Å². The number of anilines is 2. The van der Waals surface area contributed by atoms with E-state index in [0.717, 1.165) is 36.2 Å². The first-order valence-electron chi connectivity index (χ1n) is 10.7. The van der Waals surface area contributed by atoms with E-state index in [1.165, 1.54) is 12.1 Å². The van der Waals surface area contributed by atoms with Gasteiger partial charge < -0.3 is 10.6 Å². The maximum atomic E-state index is 13.3. The van der Waals surface area contributed by atoms with Crippen LogP contribution in [-0.4, -0.2) is 21.6 Å². The second-order valence-electron chi connectivity index (χ2n) is 7.87. The molecule has 7 heteroatoms. The SMILES string of the molecule is O=C(Nc1cccc(NC(=O)c2nn(-c3ccc(F)cc3)c3c2CCC3)c1)c1ccccc1. The molecule has 3 aromatic carbocycles.